The number of nitro benzene ring substituents is 1. The fourth-order valence-corrected chi connectivity index (χ4v) is 2.49. The first kappa shape index (κ1) is 13.6. The molecular formula is C13H18N2O4. The Morgan fingerprint density at radius 3 is 2.47 bits per heavy atom. The van der Waals surface area contributed by atoms with Crippen LogP contribution >= 0.6 is 0 Å². The first-order valence-electron chi connectivity index (χ1n) is 6.28. The normalized spacial score (nSPS) is 16.1. The second-order valence-electron chi connectivity index (χ2n) is 4.56. The summed E-state index contributed by atoms with van der Waals surface area (Å²) in [4.78, 5) is 10.7. The molecule has 0 amide bonds. The minimum absolute atomic E-state index is 0.0321. The van der Waals surface area contributed by atoms with Crippen molar-refractivity contribution < 1.29 is 14.4 Å². The lowest BCUT2D eigenvalue weighted by Crippen LogP contribution is -2.26. The molecule has 1 fully saturated rings. The maximum Gasteiger partial charge on any atom is 0.315 e. The summed E-state index contributed by atoms with van der Waals surface area (Å²) in [5.41, 5.74) is 0.918. The largest absolute Gasteiger partial charge is 0.493 e. The second kappa shape index (κ2) is 5.88. The molecule has 0 aliphatic carbocycles. The highest BCUT2D eigenvalue weighted by molar-refractivity contribution is 5.58. The van der Waals surface area contributed by atoms with Crippen LogP contribution in [0.3, 0.4) is 0 Å². The standard InChI is InChI=1S/C13H18N2O4/c1-18-12-8-10(9-3-5-14-6-4-9)7-11(15(16)17)13(12)19-2/h7-9,14H,3-6H2,1-2H3. The number of piperidine rings is 1. The van der Waals surface area contributed by atoms with Crippen molar-refractivity contribution >= 4 is 5.69 Å². The summed E-state index contributed by atoms with van der Waals surface area (Å²) in [5, 5.41) is 14.4. The lowest BCUT2D eigenvalue weighted by Gasteiger charge is -2.23. The molecule has 1 heterocycles. The van der Waals surface area contributed by atoms with E-state index in [4.69, 9.17) is 9.47 Å². The van der Waals surface area contributed by atoms with Gasteiger partial charge in [-0.25, -0.2) is 0 Å². The van der Waals surface area contributed by atoms with Gasteiger partial charge in [-0.05, 0) is 43.5 Å². The van der Waals surface area contributed by atoms with Gasteiger partial charge in [0.1, 0.15) is 0 Å². The average Bonchev–Trinajstić information content (AvgIpc) is 2.46. The fourth-order valence-electron chi connectivity index (χ4n) is 2.49. The maximum atomic E-state index is 11.1. The maximum absolute atomic E-state index is 11.1. The molecular weight excluding hydrogens is 248 g/mol. The van der Waals surface area contributed by atoms with Gasteiger partial charge in [-0.2, -0.15) is 0 Å². The summed E-state index contributed by atoms with van der Waals surface area (Å²) in [6, 6.07) is 3.46. The average molecular weight is 266 g/mol. The van der Waals surface area contributed by atoms with Gasteiger partial charge in [0.05, 0.1) is 19.1 Å². The molecule has 1 saturated heterocycles. The number of nitrogens with one attached hydrogen (secondary N) is 1. The van der Waals surface area contributed by atoms with E-state index in [0.29, 0.717) is 11.7 Å². The SMILES string of the molecule is COc1cc(C2CCNCC2)cc([N+](=O)[O-])c1OC. The van der Waals surface area contributed by atoms with Crippen LogP contribution in [0.15, 0.2) is 12.1 Å². The molecule has 0 saturated carbocycles. The third-order valence-electron chi connectivity index (χ3n) is 3.49. The molecule has 0 bridgehead atoms. The van der Waals surface area contributed by atoms with Crippen molar-refractivity contribution in [2.75, 3.05) is 27.3 Å². The van der Waals surface area contributed by atoms with Gasteiger partial charge in [0.25, 0.3) is 0 Å². The van der Waals surface area contributed by atoms with Crippen LogP contribution in [0.25, 0.3) is 0 Å². The highest BCUT2D eigenvalue weighted by atomic mass is 16.6. The molecule has 0 unspecified atom stereocenters. The van der Waals surface area contributed by atoms with Crippen molar-refractivity contribution in [3.63, 3.8) is 0 Å². The molecule has 19 heavy (non-hydrogen) atoms. The lowest BCUT2D eigenvalue weighted by molar-refractivity contribution is -0.385. The summed E-state index contributed by atoms with van der Waals surface area (Å²) < 4.78 is 10.3. The molecule has 1 aliphatic heterocycles. The molecule has 1 N–H and O–H groups in total. The van der Waals surface area contributed by atoms with Crippen molar-refractivity contribution in [1.29, 1.82) is 0 Å². The van der Waals surface area contributed by atoms with Gasteiger partial charge >= 0.3 is 5.69 Å². The van der Waals surface area contributed by atoms with E-state index in [-0.39, 0.29) is 11.4 Å². The lowest BCUT2D eigenvalue weighted by atomic mass is 9.89. The van der Waals surface area contributed by atoms with Crippen molar-refractivity contribution in [1.82, 2.24) is 5.32 Å². The number of rotatable bonds is 4. The van der Waals surface area contributed by atoms with E-state index in [1.165, 1.54) is 14.2 Å². The zero-order valence-corrected chi connectivity index (χ0v) is 11.1. The van der Waals surface area contributed by atoms with Crippen molar-refractivity contribution in [3.8, 4) is 11.5 Å². The predicted molar refractivity (Wildman–Crippen MR) is 71.0 cm³/mol. The van der Waals surface area contributed by atoms with Gasteiger partial charge < -0.3 is 14.8 Å². The molecule has 6 nitrogen and oxygen atoms in total. The Hall–Kier alpha value is -1.82. The van der Waals surface area contributed by atoms with Gasteiger partial charge in [-0.3, -0.25) is 10.1 Å². The summed E-state index contributed by atoms with van der Waals surface area (Å²) in [6.07, 6.45) is 1.96. The minimum Gasteiger partial charge on any atom is -0.493 e. The highest BCUT2D eigenvalue weighted by Crippen LogP contribution is 2.41. The van der Waals surface area contributed by atoms with E-state index < -0.39 is 4.92 Å². The van der Waals surface area contributed by atoms with Crippen LogP contribution in [0.4, 0.5) is 5.69 Å². The molecule has 0 atom stereocenters. The molecule has 0 aromatic heterocycles. The Morgan fingerprint density at radius 1 is 1.26 bits per heavy atom. The Balaban J connectivity index is 2.44. The zero-order chi connectivity index (χ0) is 13.8. The van der Waals surface area contributed by atoms with E-state index in [2.05, 4.69) is 5.32 Å². The molecule has 0 radical (unpaired) electrons. The fraction of sp³-hybridized carbons (Fsp3) is 0.538. The Kier molecular flexibility index (Phi) is 4.21. The quantitative estimate of drug-likeness (QED) is 0.667. The van der Waals surface area contributed by atoms with E-state index in [0.717, 1.165) is 31.5 Å². The van der Waals surface area contributed by atoms with Gasteiger partial charge in [-0.1, -0.05) is 0 Å². The van der Waals surface area contributed by atoms with E-state index in [9.17, 15) is 10.1 Å². The number of nitrogens with zero attached hydrogens (tertiary/aromatic N) is 1. The molecule has 1 aliphatic rings. The topological polar surface area (TPSA) is 73.6 Å². The van der Waals surface area contributed by atoms with Gasteiger partial charge in [0.2, 0.25) is 5.75 Å². The van der Waals surface area contributed by atoms with Crippen molar-refractivity contribution in [2.45, 2.75) is 18.8 Å². The molecule has 104 valence electrons. The molecule has 2 rings (SSSR count). The third kappa shape index (κ3) is 2.78. The van der Waals surface area contributed by atoms with Gasteiger partial charge in [0, 0.05) is 6.07 Å². The van der Waals surface area contributed by atoms with Crippen LogP contribution in [-0.2, 0) is 0 Å². The number of hydrogen-bond donors (Lipinski definition) is 1. The summed E-state index contributed by atoms with van der Waals surface area (Å²) in [7, 11) is 2.91. The Bertz CT molecular complexity index is 470. The van der Waals surface area contributed by atoms with Crippen LogP contribution in [0.1, 0.15) is 24.3 Å². The van der Waals surface area contributed by atoms with Crippen molar-refractivity contribution in [2.24, 2.45) is 0 Å². The highest BCUT2D eigenvalue weighted by Gasteiger charge is 2.25. The Morgan fingerprint density at radius 2 is 1.95 bits per heavy atom. The van der Waals surface area contributed by atoms with Gasteiger partial charge in [0.15, 0.2) is 5.75 Å². The monoisotopic (exact) mass is 266 g/mol. The summed E-state index contributed by atoms with van der Waals surface area (Å²) in [6.45, 7) is 1.87. The van der Waals surface area contributed by atoms with Crippen LogP contribution < -0.4 is 14.8 Å². The first-order valence-corrected chi connectivity index (χ1v) is 6.28. The van der Waals surface area contributed by atoms with Crippen LogP contribution in [0.5, 0.6) is 11.5 Å². The van der Waals surface area contributed by atoms with Gasteiger partial charge in [-0.15, -0.1) is 0 Å². The molecule has 0 spiro atoms. The zero-order valence-electron chi connectivity index (χ0n) is 11.1. The van der Waals surface area contributed by atoms with Crippen LogP contribution in [0, 0.1) is 10.1 Å². The number of ether oxygens (including phenoxy) is 2. The third-order valence-corrected chi connectivity index (χ3v) is 3.49. The summed E-state index contributed by atoms with van der Waals surface area (Å²) in [5.74, 6) is 0.940. The number of hydrogen-bond acceptors (Lipinski definition) is 5. The van der Waals surface area contributed by atoms with Crippen molar-refractivity contribution in [3.05, 3.63) is 27.8 Å². The minimum atomic E-state index is -0.425. The summed E-state index contributed by atoms with van der Waals surface area (Å²) >= 11 is 0. The smallest absolute Gasteiger partial charge is 0.315 e. The molecule has 1 aromatic rings. The molecule has 6 heteroatoms. The first-order chi connectivity index (χ1) is 9.17. The number of benzene rings is 1. The van der Waals surface area contributed by atoms with E-state index >= 15 is 0 Å². The Labute approximate surface area is 111 Å². The van der Waals surface area contributed by atoms with E-state index in [1.54, 1.807) is 6.07 Å². The van der Waals surface area contributed by atoms with Crippen LogP contribution in [0.2, 0.25) is 0 Å². The number of methoxy groups -OCH3 is 2. The second-order valence-corrected chi connectivity index (χ2v) is 4.56. The predicted octanol–water partition coefficient (Wildman–Crippen LogP) is 2.08. The van der Waals surface area contributed by atoms with Crippen LogP contribution in [-0.4, -0.2) is 32.2 Å². The van der Waals surface area contributed by atoms with E-state index in [1.807, 2.05) is 6.07 Å². The molecule has 1 aromatic carbocycles. The number of nitro groups is 1.